The molecule has 0 atom stereocenters. The van der Waals surface area contributed by atoms with Crippen LogP contribution in [-0.4, -0.2) is 9.97 Å². The summed E-state index contributed by atoms with van der Waals surface area (Å²) >= 11 is 0. The van der Waals surface area contributed by atoms with Crippen molar-refractivity contribution in [2.75, 3.05) is 0 Å². The zero-order valence-corrected chi connectivity index (χ0v) is 32.5. The molecule has 0 saturated heterocycles. The molecule has 0 bridgehead atoms. The van der Waals surface area contributed by atoms with Crippen molar-refractivity contribution in [3.63, 3.8) is 0 Å². The second-order valence-electron chi connectivity index (χ2n) is 15.1. The smallest absolute Gasteiger partial charge is 0.0716 e. The first-order chi connectivity index (χ1) is 28.5. The van der Waals surface area contributed by atoms with E-state index in [0.29, 0.717) is 0 Å². The average molecular weight is 741 g/mol. The lowest BCUT2D eigenvalue weighted by Gasteiger charge is -2.16. The minimum Gasteiger partial charge on any atom is -0.258 e. The molecule has 0 aliphatic rings. The molecule has 0 aliphatic carbocycles. The van der Waals surface area contributed by atoms with Gasteiger partial charge in [-0.1, -0.05) is 164 Å². The monoisotopic (exact) mass is 740 g/mol. The number of pyridine rings is 2. The highest BCUT2D eigenvalue weighted by Gasteiger charge is 2.16. The Hall–Kier alpha value is -7.42. The number of aryl methyl sites for hydroxylation is 2. The second kappa shape index (κ2) is 14.9. The van der Waals surface area contributed by atoms with Gasteiger partial charge in [-0.2, -0.15) is 0 Å². The highest BCUT2D eigenvalue weighted by molar-refractivity contribution is 6.14. The molecule has 10 rings (SSSR count). The molecule has 0 radical (unpaired) electrons. The van der Waals surface area contributed by atoms with Crippen LogP contribution in [0.1, 0.15) is 11.4 Å². The quantitative estimate of drug-likeness (QED) is 0.152. The topological polar surface area (TPSA) is 25.8 Å². The fourth-order valence-electron chi connectivity index (χ4n) is 8.31. The van der Waals surface area contributed by atoms with Crippen molar-refractivity contribution in [3.05, 3.63) is 218 Å². The predicted molar refractivity (Wildman–Crippen MR) is 245 cm³/mol. The molecule has 0 unspecified atom stereocenters. The van der Waals surface area contributed by atoms with Crippen molar-refractivity contribution < 1.29 is 0 Å². The van der Waals surface area contributed by atoms with Crippen LogP contribution >= 0.6 is 0 Å². The van der Waals surface area contributed by atoms with E-state index >= 15 is 0 Å². The van der Waals surface area contributed by atoms with Crippen LogP contribution in [0.3, 0.4) is 0 Å². The number of nitrogens with zero attached hydrogens (tertiary/aromatic N) is 2. The Morgan fingerprint density at radius 3 is 1.36 bits per heavy atom. The van der Waals surface area contributed by atoms with Crippen LogP contribution in [-0.2, 0) is 0 Å². The lowest BCUT2D eigenvalue weighted by molar-refractivity contribution is 1.13. The van der Waals surface area contributed by atoms with E-state index in [9.17, 15) is 0 Å². The van der Waals surface area contributed by atoms with Gasteiger partial charge in [0.2, 0.25) is 0 Å². The van der Waals surface area contributed by atoms with E-state index in [1.807, 2.05) is 0 Å². The molecule has 0 amide bonds. The van der Waals surface area contributed by atoms with Crippen LogP contribution in [0, 0.1) is 13.8 Å². The van der Waals surface area contributed by atoms with Crippen LogP contribution in [0.4, 0.5) is 0 Å². The molecule has 8 aromatic carbocycles. The maximum Gasteiger partial charge on any atom is 0.0716 e. The SMILES string of the molecule is Cc1ccc(-c2cc(-c3cc(-c4ccc(-c5ccccc5)cc4)cc(-c4ccc(-c5ccccc5)cc4)n3)cc(-c3cc4ccccc4c4ccccc34)c2)c(C)n1. The Balaban J connectivity index is 1.18. The number of aromatic nitrogens is 2. The fraction of sp³-hybridized carbons (Fsp3) is 0.0357. The number of hydrogen-bond acceptors (Lipinski definition) is 2. The molecule has 2 nitrogen and oxygen atoms in total. The molecule has 2 heterocycles. The van der Waals surface area contributed by atoms with Crippen LogP contribution < -0.4 is 0 Å². The average Bonchev–Trinajstić information content (AvgIpc) is 3.29. The molecule has 0 spiro atoms. The largest absolute Gasteiger partial charge is 0.258 e. The first-order valence-electron chi connectivity index (χ1n) is 19.9. The number of rotatable bonds is 7. The molecule has 2 aromatic heterocycles. The molecular formula is C56H40N2. The van der Waals surface area contributed by atoms with Gasteiger partial charge in [0.1, 0.15) is 0 Å². The van der Waals surface area contributed by atoms with Crippen molar-refractivity contribution in [2.45, 2.75) is 13.8 Å². The van der Waals surface area contributed by atoms with E-state index in [-0.39, 0.29) is 0 Å². The minimum atomic E-state index is 0.915. The van der Waals surface area contributed by atoms with Crippen LogP contribution in [0.5, 0.6) is 0 Å². The molecule has 58 heavy (non-hydrogen) atoms. The van der Waals surface area contributed by atoms with Crippen LogP contribution in [0.15, 0.2) is 206 Å². The highest BCUT2D eigenvalue weighted by atomic mass is 14.7. The van der Waals surface area contributed by atoms with Gasteiger partial charge in [-0.3, -0.25) is 4.98 Å². The maximum absolute atomic E-state index is 5.47. The maximum atomic E-state index is 5.47. The van der Waals surface area contributed by atoms with E-state index in [1.165, 1.54) is 49.4 Å². The Labute approximate surface area is 339 Å². The molecular weight excluding hydrogens is 701 g/mol. The van der Waals surface area contributed by atoms with E-state index in [2.05, 4.69) is 220 Å². The standard InChI is InChI=1S/C56H40N2/c1-37-21-30-50(38(2)57-37)47-31-48(54-34-45-17-9-10-18-51(45)52-19-11-12-20-53(52)54)33-49(32-47)56-36-46(43-24-22-41(23-25-43)39-13-5-3-6-14-39)35-55(58-56)44-28-26-42(27-29-44)40-15-7-4-8-16-40/h3-36H,1-2H3. The van der Waals surface area contributed by atoms with E-state index in [4.69, 9.17) is 9.97 Å². The van der Waals surface area contributed by atoms with Gasteiger partial charge in [0.25, 0.3) is 0 Å². The first-order valence-corrected chi connectivity index (χ1v) is 19.9. The third kappa shape index (κ3) is 6.76. The van der Waals surface area contributed by atoms with E-state index in [0.717, 1.165) is 61.7 Å². The molecule has 2 heteroatoms. The molecule has 0 aliphatic heterocycles. The third-order valence-corrected chi connectivity index (χ3v) is 11.3. The summed E-state index contributed by atoms with van der Waals surface area (Å²) in [6, 6.07) is 74.3. The summed E-state index contributed by atoms with van der Waals surface area (Å²) in [6.45, 7) is 4.16. The van der Waals surface area contributed by atoms with E-state index in [1.54, 1.807) is 0 Å². The Morgan fingerprint density at radius 2 is 0.741 bits per heavy atom. The zero-order chi connectivity index (χ0) is 39.0. The number of hydrogen-bond donors (Lipinski definition) is 0. The van der Waals surface area contributed by atoms with Crippen LogP contribution in [0.2, 0.25) is 0 Å². The van der Waals surface area contributed by atoms with Gasteiger partial charge in [-0.15, -0.1) is 0 Å². The molecule has 0 fully saturated rings. The Bertz CT molecular complexity index is 2990. The van der Waals surface area contributed by atoms with Gasteiger partial charge in [-0.05, 0) is 128 Å². The summed E-state index contributed by atoms with van der Waals surface area (Å²) in [5, 5.41) is 4.95. The Morgan fingerprint density at radius 1 is 0.276 bits per heavy atom. The van der Waals surface area contributed by atoms with Crippen molar-refractivity contribution in [1.82, 2.24) is 9.97 Å². The summed E-state index contributed by atoms with van der Waals surface area (Å²) in [6.07, 6.45) is 0. The summed E-state index contributed by atoms with van der Waals surface area (Å²) in [5.41, 5.74) is 17.6. The molecule has 0 saturated carbocycles. The summed E-state index contributed by atoms with van der Waals surface area (Å²) in [5.74, 6) is 0. The fourth-order valence-corrected chi connectivity index (χ4v) is 8.31. The Kier molecular flexibility index (Phi) is 9.01. The number of fused-ring (bicyclic) bond motifs is 3. The lowest BCUT2D eigenvalue weighted by atomic mass is 9.89. The van der Waals surface area contributed by atoms with Crippen molar-refractivity contribution in [1.29, 1.82) is 0 Å². The van der Waals surface area contributed by atoms with E-state index < -0.39 is 0 Å². The normalized spacial score (nSPS) is 11.3. The van der Waals surface area contributed by atoms with Gasteiger partial charge < -0.3 is 0 Å². The summed E-state index contributed by atoms with van der Waals surface area (Å²) in [7, 11) is 0. The lowest BCUT2D eigenvalue weighted by Crippen LogP contribution is -1.95. The molecule has 274 valence electrons. The number of benzene rings is 8. The minimum absolute atomic E-state index is 0.915. The van der Waals surface area contributed by atoms with Crippen molar-refractivity contribution in [2.24, 2.45) is 0 Å². The van der Waals surface area contributed by atoms with Crippen LogP contribution in [0.25, 0.3) is 99.7 Å². The van der Waals surface area contributed by atoms with Gasteiger partial charge in [-0.25, -0.2) is 4.98 Å². The summed E-state index contributed by atoms with van der Waals surface area (Å²) in [4.78, 5) is 10.4. The third-order valence-electron chi connectivity index (χ3n) is 11.3. The second-order valence-corrected chi connectivity index (χ2v) is 15.1. The van der Waals surface area contributed by atoms with Gasteiger partial charge in [0, 0.05) is 28.1 Å². The molecule has 10 aromatic rings. The van der Waals surface area contributed by atoms with Gasteiger partial charge in [0.05, 0.1) is 11.4 Å². The van der Waals surface area contributed by atoms with Gasteiger partial charge in [0.15, 0.2) is 0 Å². The highest BCUT2D eigenvalue weighted by Crippen LogP contribution is 2.40. The summed E-state index contributed by atoms with van der Waals surface area (Å²) < 4.78 is 0. The van der Waals surface area contributed by atoms with Crippen molar-refractivity contribution >= 4 is 21.5 Å². The first kappa shape index (κ1) is 35.0. The molecule has 0 N–H and O–H groups in total. The zero-order valence-electron chi connectivity index (χ0n) is 32.5. The van der Waals surface area contributed by atoms with Gasteiger partial charge >= 0.3 is 0 Å². The van der Waals surface area contributed by atoms with Crippen molar-refractivity contribution in [3.8, 4) is 78.1 Å². The predicted octanol–water partition coefficient (Wildman–Crippen LogP) is 15.1.